The number of guanidine groups is 1. The summed E-state index contributed by atoms with van der Waals surface area (Å²) in [4.78, 5) is 14.7. The van der Waals surface area contributed by atoms with Crippen molar-refractivity contribution in [1.82, 2.24) is 25.6 Å². The Morgan fingerprint density at radius 3 is 2.70 bits per heavy atom. The molecule has 0 radical (unpaired) electrons. The van der Waals surface area contributed by atoms with Gasteiger partial charge in [0.1, 0.15) is 5.69 Å². The van der Waals surface area contributed by atoms with Crippen LogP contribution in [-0.4, -0.2) is 47.6 Å². The van der Waals surface area contributed by atoms with Gasteiger partial charge in [-0.3, -0.25) is 4.99 Å². The van der Waals surface area contributed by atoms with Crippen LogP contribution in [0.1, 0.15) is 16.8 Å². The van der Waals surface area contributed by atoms with E-state index in [9.17, 15) is 13.2 Å². The first kappa shape index (κ1) is 21.4. The minimum Gasteiger partial charge on any atom is -0.361 e. The average molecular weight is 419 g/mol. The molecule has 3 aromatic rings. The number of aryl methyl sites for hydroxylation is 1. The predicted octanol–water partition coefficient (Wildman–Crippen LogP) is 3.10. The summed E-state index contributed by atoms with van der Waals surface area (Å²) in [5, 5.41) is 10.3. The van der Waals surface area contributed by atoms with E-state index in [2.05, 4.69) is 55.0 Å². The number of alkyl halides is 3. The van der Waals surface area contributed by atoms with E-state index in [1.807, 2.05) is 12.3 Å². The van der Waals surface area contributed by atoms with Gasteiger partial charge in [-0.25, -0.2) is 9.97 Å². The lowest BCUT2D eigenvalue weighted by molar-refractivity contribution is -0.141. The normalized spacial score (nSPS) is 12.2. The Bertz CT molecular complexity index is 1010. The standard InChI is InChI=1S/C20H24F3N7/c1-13-4-3-5-15-14(12-29-17(13)15)6-8-25-18(24-2)27-10-11-28-19-26-9-7-16(30-19)20(21,22)23/h3-5,7,9,12,29H,6,8,10-11H2,1-2H3,(H2,24,25,27)(H,26,28,30). The second-order valence-electron chi connectivity index (χ2n) is 6.68. The zero-order chi connectivity index (χ0) is 21.6. The van der Waals surface area contributed by atoms with Gasteiger partial charge < -0.3 is 20.9 Å². The number of rotatable bonds is 7. The van der Waals surface area contributed by atoms with Crippen LogP contribution in [0.15, 0.2) is 41.7 Å². The quantitative estimate of drug-likeness (QED) is 0.268. The van der Waals surface area contributed by atoms with Crippen LogP contribution in [0.5, 0.6) is 0 Å². The number of para-hydroxylation sites is 1. The van der Waals surface area contributed by atoms with Gasteiger partial charge in [0.05, 0.1) is 0 Å². The van der Waals surface area contributed by atoms with Crippen LogP contribution in [-0.2, 0) is 12.6 Å². The molecule has 7 nitrogen and oxygen atoms in total. The van der Waals surface area contributed by atoms with Crippen LogP contribution < -0.4 is 16.0 Å². The second kappa shape index (κ2) is 9.47. The number of nitrogens with zero attached hydrogens (tertiary/aromatic N) is 3. The molecule has 0 aliphatic heterocycles. The molecule has 0 bridgehead atoms. The zero-order valence-electron chi connectivity index (χ0n) is 16.8. The summed E-state index contributed by atoms with van der Waals surface area (Å²) in [6.07, 6.45) is -0.569. The number of aromatic nitrogens is 3. The van der Waals surface area contributed by atoms with Crippen LogP contribution in [0.2, 0.25) is 0 Å². The number of aromatic amines is 1. The molecule has 0 amide bonds. The molecule has 160 valence electrons. The average Bonchev–Trinajstić information content (AvgIpc) is 3.14. The number of benzene rings is 1. The third-order valence-electron chi connectivity index (χ3n) is 4.57. The van der Waals surface area contributed by atoms with Crippen molar-refractivity contribution < 1.29 is 13.2 Å². The van der Waals surface area contributed by atoms with Crippen LogP contribution in [0.3, 0.4) is 0 Å². The summed E-state index contributed by atoms with van der Waals surface area (Å²) in [7, 11) is 1.66. The molecule has 30 heavy (non-hydrogen) atoms. The Hall–Kier alpha value is -3.30. The minimum absolute atomic E-state index is 0.0656. The molecule has 0 atom stereocenters. The van der Waals surface area contributed by atoms with Gasteiger partial charge in [0.2, 0.25) is 5.95 Å². The highest BCUT2D eigenvalue weighted by atomic mass is 19.4. The van der Waals surface area contributed by atoms with Crippen molar-refractivity contribution in [1.29, 1.82) is 0 Å². The summed E-state index contributed by atoms with van der Waals surface area (Å²) in [6.45, 7) is 3.53. The van der Waals surface area contributed by atoms with E-state index < -0.39 is 11.9 Å². The summed E-state index contributed by atoms with van der Waals surface area (Å²) in [5.41, 5.74) is 2.61. The molecule has 3 rings (SSSR count). The molecule has 0 saturated carbocycles. The van der Waals surface area contributed by atoms with E-state index in [0.29, 0.717) is 25.6 Å². The topological polar surface area (TPSA) is 90.0 Å². The Morgan fingerprint density at radius 2 is 1.93 bits per heavy atom. The number of aliphatic imine (C=N–C) groups is 1. The van der Waals surface area contributed by atoms with E-state index in [4.69, 9.17) is 0 Å². The molecule has 0 spiro atoms. The van der Waals surface area contributed by atoms with Gasteiger partial charge in [-0.1, -0.05) is 18.2 Å². The summed E-state index contributed by atoms with van der Waals surface area (Å²) < 4.78 is 38.0. The molecular formula is C20H24F3N7. The summed E-state index contributed by atoms with van der Waals surface area (Å²) >= 11 is 0. The van der Waals surface area contributed by atoms with Crippen LogP contribution >= 0.6 is 0 Å². The van der Waals surface area contributed by atoms with Crippen molar-refractivity contribution in [3.63, 3.8) is 0 Å². The number of H-pyrrole nitrogens is 1. The summed E-state index contributed by atoms with van der Waals surface area (Å²) in [6, 6.07) is 7.06. The number of hydrogen-bond acceptors (Lipinski definition) is 4. The Balaban J connectivity index is 1.42. The van der Waals surface area contributed by atoms with Crippen molar-refractivity contribution in [2.45, 2.75) is 19.5 Å². The first-order valence-electron chi connectivity index (χ1n) is 9.52. The molecule has 2 aromatic heterocycles. The molecule has 0 fully saturated rings. The fourth-order valence-corrected chi connectivity index (χ4v) is 3.06. The first-order chi connectivity index (χ1) is 14.4. The molecule has 0 aliphatic carbocycles. The van der Waals surface area contributed by atoms with Gasteiger partial charge >= 0.3 is 6.18 Å². The molecule has 0 unspecified atom stereocenters. The van der Waals surface area contributed by atoms with E-state index in [-0.39, 0.29) is 5.95 Å². The number of halogens is 3. The Kier molecular flexibility index (Phi) is 6.76. The summed E-state index contributed by atoms with van der Waals surface area (Å²) in [5.74, 6) is 0.544. The van der Waals surface area contributed by atoms with Crippen molar-refractivity contribution >= 4 is 22.8 Å². The van der Waals surface area contributed by atoms with Crippen LogP contribution in [0.25, 0.3) is 10.9 Å². The maximum atomic E-state index is 12.7. The van der Waals surface area contributed by atoms with Gasteiger partial charge in [0.25, 0.3) is 0 Å². The smallest absolute Gasteiger partial charge is 0.361 e. The van der Waals surface area contributed by atoms with Gasteiger partial charge in [-0.2, -0.15) is 13.2 Å². The fourth-order valence-electron chi connectivity index (χ4n) is 3.06. The third-order valence-corrected chi connectivity index (χ3v) is 4.57. The van der Waals surface area contributed by atoms with E-state index in [1.54, 1.807) is 7.05 Å². The predicted molar refractivity (Wildman–Crippen MR) is 112 cm³/mol. The Morgan fingerprint density at radius 1 is 1.13 bits per heavy atom. The molecule has 2 heterocycles. The van der Waals surface area contributed by atoms with Gasteiger partial charge in [0.15, 0.2) is 5.96 Å². The van der Waals surface area contributed by atoms with E-state index in [1.165, 1.54) is 16.5 Å². The zero-order valence-corrected chi connectivity index (χ0v) is 16.8. The van der Waals surface area contributed by atoms with Crippen molar-refractivity contribution in [3.8, 4) is 0 Å². The molecular weight excluding hydrogens is 395 g/mol. The maximum absolute atomic E-state index is 12.7. The highest BCUT2D eigenvalue weighted by Crippen LogP contribution is 2.27. The van der Waals surface area contributed by atoms with E-state index >= 15 is 0 Å². The van der Waals surface area contributed by atoms with E-state index in [0.717, 1.165) is 24.2 Å². The van der Waals surface area contributed by atoms with Gasteiger partial charge in [-0.15, -0.1) is 0 Å². The van der Waals surface area contributed by atoms with Crippen molar-refractivity contribution in [2.24, 2.45) is 4.99 Å². The minimum atomic E-state index is -4.49. The SMILES string of the molecule is CN=C(NCCNc1nccc(C(F)(F)F)n1)NCCc1c[nH]c2c(C)cccc12. The van der Waals surface area contributed by atoms with Crippen LogP contribution in [0, 0.1) is 6.92 Å². The molecule has 10 heteroatoms. The number of anilines is 1. The molecule has 1 aromatic carbocycles. The Labute approximate surface area is 172 Å². The number of fused-ring (bicyclic) bond motifs is 1. The van der Waals surface area contributed by atoms with Crippen molar-refractivity contribution in [2.75, 3.05) is 32.0 Å². The molecule has 0 saturated heterocycles. The fraction of sp³-hybridized carbons (Fsp3) is 0.350. The lowest BCUT2D eigenvalue weighted by Crippen LogP contribution is -2.40. The maximum Gasteiger partial charge on any atom is 0.433 e. The molecule has 0 aliphatic rings. The highest BCUT2D eigenvalue weighted by molar-refractivity contribution is 5.86. The molecule has 4 N–H and O–H groups in total. The number of nitrogens with one attached hydrogen (secondary N) is 4. The second-order valence-corrected chi connectivity index (χ2v) is 6.68. The largest absolute Gasteiger partial charge is 0.433 e. The monoisotopic (exact) mass is 419 g/mol. The highest BCUT2D eigenvalue weighted by Gasteiger charge is 2.32. The number of hydrogen-bond donors (Lipinski definition) is 4. The van der Waals surface area contributed by atoms with Crippen LogP contribution in [0.4, 0.5) is 19.1 Å². The first-order valence-corrected chi connectivity index (χ1v) is 9.52. The lowest BCUT2D eigenvalue weighted by Gasteiger charge is -2.12. The van der Waals surface area contributed by atoms with Gasteiger partial charge in [-0.05, 0) is 30.5 Å². The van der Waals surface area contributed by atoms with Crippen molar-refractivity contribution in [3.05, 3.63) is 53.5 Å². The van der Waals surface area contributed by atoms with Gasteiger partial charge in [0, 0.05) is 50.0 Å². The lowest BCUT2D eigenvalue weighted by atomic mass is 10.1. The third kappa shape index (κ3) is 5.40.